The number of H-pyrrole nitrogens is 1. The maximum Gasteiger partial charge on any atom is 0.171 e. The smallest absolute Gasteiger partial charge is 0.171 e. The first kappa shape index (κ1) is 22.7. The molecule has 2 aromatic carbocycles. The zero-order valence-corrected chi connectivity index (χ0v) is 19.5. The van der Waals surface area contributed by atoms with Crippen molar-refractivity contribution < 1.29 is 19.3 Å². The van der Waals surface area contributed by atoms with Gasteiger partial charge in [-0.1, -0.05) is 48.6 Å². The minimum absolute atomic E-state index is 0.132. The molecule has 0 aliphatic carbocycles. The van der Waals surface area contributed by atoms with E-state index in [2.05, 4.69) is 90.0 Å². The van der Waals surface area contributed by atoms with Gasteiger partial charge in [-0.05, 0) is 34.4 Å². The molecular formula is C30H29N3O2+2. The quantitative estimate of drug-likeness (QED) is 0.302. The Morgan fingerprint density at radius 1 is 0.571 bits per heavy atom. The second-order valence-corrected chi connectivity index (χ2v) is 8.52. The summed E-state index contributed by atoms with van der Waals surface area (Å²) in [5.41, 5.74) is 6.76. The predicted octanol–water partition coefficient (Wildman–Crippen LogP) is 4.22. The lowest BCUT2D eigenvalue weighted by atomic mass is 10.0. The van der Waals surface area contributed by atoms with E-state index >= 15 is 0 Å². The van der Waals surface area contributed by atoms with Gasteiger partial charge in [0.2, 0.25) is 0 Å². The molecule has 3 aromatic heterocycles. The molecule has 35 heavy (non-hydrogen) atoms. The van der Waals surface area contributed by atoms with E-state index < -0.39 is 0 Å². The van der Waals surface area contributed by atoms with Gasteiger partial charge >= 0.3 is 0 Å². The van der Waals surface area contributed by atoms with Crippen molar-refractivity contribution in [3.05, 3.63) is 108 Å². The molecular weight excluding hydrogens is 434 g/mol. The minimum atomic E-state index is 0.132. The fourth-order valence-corrected chi connectivity index (χ4v) is 4.39. The molecule has 5 rings (SSSR count). The molecule has 5 aromatic rings. The highest BCUT2D eigenvalue weighted by Gasteiger charge is 2.10. The van der Waals surface area contributed by atoms with Crippen LogP contribution in [0.2, 0.25) is 0 Å². The number of aromatic nitrogens is 3. The third-order valence-corrected chi connectivity index (χ3v) is 6.17. The van der Waals surface area contributed by atoms with Crippen molar-refractivity contribution in [2.45, 2.75) is 13.1 Å². The summed E-state index contributed by atoms with van der Waals surface area (Å²) < 4.78 is 3.93. The van der Waals surface area contributed by atoms with Crippen molar-refractivity contribution >= 4 is 46.1 Å². The summed E-state index contributed by atoms with van der Waals surface area (Å²) in [6.07, 6.45) is 16.5. The number of hydrogen-bond acceptors (Lipinski definition) is 2. The van der Waals surface area contributed by atoms with Gasteiger partial charge in [-0.15, -0.1) is 0 Å². The van der Waals surface area contributed by atoms with Crippen LogP contribution in [0.4, 0.5) is 0 Å². The third-order valence-electron chi connectivity index (χ3n) is 6.17. The summed E-state index contributed by atoms with van der Waals surface area (Å²) in [7, 11) is 0. The van der Waals surface area contributed by atoms with Gasteiger partial charge in [0.25, 0.3) is 0 Å². The fraction of sp³-hybridized carbons (Fsp3) is 0.133. The average molecular weight is 464 g/mol. The maximum atomic E-state index is 9.11. The van der Waals surface area contributed by atoms with Gasteiger partial charge < -0.3 is 15.2 Å². The number of benzene rings is 2. The Labute approximate surface area is 204 Å². The summed E-state index contributed by atoms with van der Waals surface area (Å²) in [5, 5.41) is 20.6. The highest BCUT2D eigenvalue weighted by Crippen LogP contribution is 2.33. The SMILES string of the molecule is OCC[n+]1ccc(C=Cc2cccc3[nH]c4cccc(C=Cc5cc[n+](CCO)cc5)c4c23)cc1. The van der Waals surface area contributed by atoms with E-state index in [9.17, 15) is 0 Å². The Morgan fingerprint density at radius 3 is 1.40 bits per heavy atom. The van der Waals surface area contributed by atoms with E-state index in [4.69, 9.17) is 10.2 Å². The number of hydrogen-bond donors (Lipinski definition) is 3. The molecule has 0 saturated carbocycles. The lowest BCUT2D eigenvalue weighted by Crippen LogP contribution is -2.34. The van der Waals surface area contributed by atoms with Crippen LogP contribution in [0, 0.1) is 0 Å². The van der Waals surface area contributed by atoms with E-state index in [0.29, 0.717) is 13.1 Å². The lowest BCUT2D eigenvalue weighted by molar-refractivity contribution is -0.698. The fourth-order valence-electron chi connectivity index (χ4n) is 4.39. The van der Waals surface area contributed by atoms with E-state index in [1.165, 1.54) is 10.8 Å². The monoisotopic (exact) mass is 463 g/mol. The molecule has 3 N–H and O–H groups in total. The molecule has 0 amide bonds. The van der Waals surface area contributed by atoms with Crippen LogP contribution in [0.25, 0.3) is 46.1 Å². The van der Waals surface area contributed by atoms with E-state index in [0.717, 1.165) is 33.3 Å². The first-order valence-corrected chi connectivity index (χ1v) is 11.8. The standard InChI is InChI=1S/C30H28N3O2/c34-21-19-32-15-11-23(12-16-32)7-9-25-3-1-5-27-29(25)30-26(4-2-6-28(30)31-27)10-8-24-13-17-33(18-14-24)20-22-35/h1-18,34-35H,19-22H2/q+1/p+1. The second kappa shape index (κ2) is 10.5. The van der Waals surface area contributed by atoms with Gasteiger partial charge in [-0.2, -0.15) is 0 Å². The zero-order valence-electron chi connectivity index (χ0n) is 19.5. The van der Waals surface area contributed by atoms with Crippen LogP contribution >= 0.6 is 0 Å². The summed E-state index contributed by atoms with van der Waals surface area (Å²) in [4.78, 5) is 3.58. The van der Waals surface area contributed by atoms with E-state index in [-0.39, 0.29) is 13.2 Å². The van der Waals surface area contributed by atoms with E-state index in [1.807, 2.05) is 33.9 Å². The first-order chi connectivity index (χ1) is 17.2. The summed E-state index contributed by atoms with van der Waals surface area (Å²) in [5.74, 6) is 0. The summed E-state index contributed by atoms with van der Waals surface area (Å²) >= 11 is 0. The molecule has 0 bridgehead atoms. The topological polar surface area (TPSA) is 64.0 Å². The predicted molar refractivity (Wildman–Crippen MR) is 141 cm³/mol. The van der Waals surface area contributed by atoms with Crippen molar-refractivity contribution in [1.82, 2.24) is 4.98 Å². The number of pyridine rings is 2. The van der Waals surface area contributed by atoms with Gasteiger partial charge in [-0.25, -0.2) is 9.13 Å². The lowest BCUT2D eigenvalue weighted by Gasteiger charge is -2.02. The van der Waals surface area contributed by atoms with Gasteiger partial charge in [-0.3, -0.25) is 0 Å². The van der Waals surface area contributed by atoms with Crippen LogP contribution in [-0.4, -0.2) is 28.4 Å². The van der Waals surface area contributed by atoms with Crippen LogP contribution in [0.1, 0.15) is 22.3 Å². The Kier molecular flexibility index (Phi) is 6.80. The molecule has 0 saturated heterocycles. The van der Waals surface area contributed by atoms with Crippen molar-refractivity contribution in [2.75, 3.05) is 13.2 Å². The number of aliphatic hydroxyl groups is 2. The third kappa shape index (κ3) is 5.06. The van der Waals surface area contributed by atoms with Gasteiger partial charge in [0.15, 0.2) is 37.9 Å². The van der Waals surface area contributed by atoms with Crippen molar-refractivity contribution in [3.63, 3.8) is 0 Å². The van der Waals surface area contributed by atoms with Gasteiger partial charge in [0, 0.05) is 46.1 Å². The van der Waals surface area contributed by atoms with Crippen molar-refractivity contribution in [1.29, 1.82) is 0 Å². The van der Waals surface area contributed by atoms with Crippen molar-refractivity contribution in [3.8, 4) is 0 Å². The Balaban J connectivity index is 1.51. The van der Waals surface area contributed by atoms with E-state index in [1.54, 1.807) is 0 Å². The molecule has 3 heterocycles. The number of rotatable bonds is 8. The number of nitrogens with one attached hydrogen (secondary N) is 1. The van der Waals surface area contributed by atoms with Crippen LogP contribution in [-0.2, 0) is 13.1 Å². The highest BCUT2D eigenvalue weighted by molar-refractivity contribution is 6.15. The summed E-state index contributed by atoms with van der Waals surface area (Å²) in [6, 6.07) is 20.9. The number of nitrogens with zero attached hydrogens (tertiary/aromatic N) is 2. The Morgan fingerprint density at radius 2 is 1.00 bits per heavy atom. The van der Waals surface area contributed by atoms with Gasteiger partial charge in [0.1, 0.15) is 13.2 Å². The van der Waals surface area contributed by atoms with Crippen LogP contribution in [0.3, 0.4) is 0 Å². The van der Waals surface area contributed by atoms with Crippen LogP contribution in [0.15, 0.2) is 85.5 Å². The molecule has 0 aliphatic rings. The highest BCUT2D eigenvalue weighted by atomic mass is 16.3. The number of aliphatic hydroxyl groups excluding tert-OH is 2. The van der Waals surface area contributed by atoms with Gasteiger partial charge in [0.05, 0.1) is 0 Å². The molecule has 0 fully saturated rings. The molecule has 5 heteroatoms. The van der Waals surface area contributed by atoms with Crippen LogP contribution in [0.5, 0.6) is 0 Å². The molecule has 174 valence electrons. The molecule has 0 aliphatic heterocycles. The average Bonchev–Trinajstić information content (AvgIpc) is 3.28. The number of aromatic amines is 1. The van der Waals surface area contributed by atoms with Crippen molar-refractivity contribution in [2.24, 2.45) is 0 Å². The molecule has 0 unspecified atom stereocenters. The molecule has 0 atom stereocenters. The summed E-state index contributed by atoms with van der Waals surface area (Å²) in [6.45, 7) is 1.46. The largest absolute Gasteiger partial charge is 0.390 e. The zero-order chi connectivity index (χ0) is 24.0. The second-order valence-electron chi connectivity index (χ2n) is 8.52. The maximum absolute atomic E-state index is 9.11. The molecule has 0 radical (unpaired) electrons. The van der Waals surface area contributed by atoms with Crippen LogP contribution < -0.4 is 9.13 Å². The Hall–Kier alpha value is -4.06. The normalized spacial score (nSPS) is 11.9. The Bertz CT molecular complexity index is 1380. The molecule has 0 spiro atoms. The molecule has 5 nitrogen and oxygen atoms in total. The first-order valence-electron chi connectivity index (χ1n) is 11.8. The number of fused-ring (bicyclic) bond motifs is 3. The minimum Gasteiger partial charge on any atom is -0.390 e.